The van der Waals surface area contributed by atoms with E-state index in [1.54, 1.807) is 29.4 Å². The average molecular weight is 336 g/mol. The smallest absolute Gasteiger partial charge is 0.322 e. The Labute approximate surface area is 144 Å². The molecule has 6 heteroatoms. The molecule has 0 saturated carbocycles. The second kappa shape index (κ2) is 6.39. The van der Waals surface area contributed by atoms with E-state index in [0.717, 1.165) is 17.8 Å². The fourth-order valence-corrected chi connectivity index (χ4v) is 3.23. The lowest BCUT2D eigenvalue weighted by Crippen LogP contribution is -2.44. The number of nitrogens with zero attached hydrogens (tertiary/aromatic N) is 3. The fraction of sp³-hybridized carbons (Fsp3) is 0.158. The molecule has 3 aromatic rings. The molecule has 0 radical (unpaired) electrons. The number of hydrogen-bond donors (Lipinski definition) is 1. The van der Waals surface area contributed by atoms with Gasteiger partial charge in [-0.2, -0.15) is 0 Å². The second-order valence-corrected chi connectivity index (χ2v) is 5.94. The molecule has 1 unspecified atom stereocenters. The number of halogens is 1. The lowest BCUT2D eigenvalue weighted by atomic mass is 10.0. The van der Waals surface area contributed by atoms with Gasteiger partial charge >= 0.3 is 6.03 Å². The molecule has 126 valence electrons. The summed E-state index contributed by atoms with van der Waals surface area (Å²) in [5.41, 5.74) is 2.64. The summed E-state index contributed by atoms with van der Waals surface area (Å²) < 4.78 is 15.2. The zero-order valence-electron chi connectivity index (χ0n) is 13.5. The Morgan fingerprint density at radius 2 is 1.84 bits per heavy atom. The van der Waals surface area contributed by atoms with Crippen LogP contribution in [0.15, 0.2) is 67.1 Å². The standard InChI is InChI=1S/C19H17FN4O/c20-15-3-5-16(6-4-15)22-19(25)24-13-12-23-11-1-2-17(23)18(24)14-7-9-21-10-8-14/h1-11,18H,12-13H2,(H,22,25). The van der Waals surface area contributed by atoms with Crippen LogP contribution in [0.1, 0.15) is 17.3 Å². The highest BCUT2D eigenvalue weighted by molar-refractivity contribution is 5.90. The molecule has 1 atom stereocenters. The molecule has 1 aliphatic rings. The van der Waals surface area contributed by atoms with Gasteiger partial charge in [-0.15, -0.1) is 0 Å². The van der Waals surface area contributed by atoms with Crippen LogP contribution in [-0.4, -0.2) is 27.0 Å². The van der Waals surface area contributed by atoms with Crippen molar-refractivity contribution in [3.63, 3.8) is 0 Å². The first kappa shape index (κ1) is 15.4. The lowest BCUT2D eigenvalue weighted by molar-refractivity contribution is 0.182. The number of hydrogen-bond acceptors (Lipinski definition) is 2. The summed E-state index contributed by atoms with van der Waals surface area (Å²) >= 11 is 0. The number of carbonyl (C=O) groups excluding carboxylic acids is 1. The van der Waals surface area contributed by atoms with Crippen LogP contribution in [0.25, 0.3) is 0 Å². The third-order valence-electron chi connectivity index (χ3n) is 4.42. The summed E-state index contributed by atoms with van der Waals surface area (Å²) in [7, 11) is 0. The van der Waals surface area contributed by atoms with E-state index in [4.69, 9.17) is 0 Å². The minimum atomic E-state index is -0.330. The number of benzene rings is 1. The number of nitrogens with one attached hydrogen (secondary N) is 1. The summed E-state index contributed by atoms with van der Waals surface area (Å²) in [6.07, 6.45) is 5.49. The second-order valence-electron chi connectivity index (χ2n) is 5.94. The zero-order valence-corrected chi connectivity index (χ0v) is 13.5. The Bertz CT molecular complexity index is 876. The summed E-state index contributed by atoms with van der Waals surface area (Å²) in [5, 5.41) is 2.86. The third kappa shape index (κ3) is 2.98. The topological polar surface area (TPSA) is 50.2 Å². The van der Waals surface area contributed by atoms with Crippen LogP contribution in [0.3, 0.4) is 0 Å². The molecule has 0 aliphatic carbocycles. The lowest BCUT2D eigenvalue weighted by Gasteiger charge is -2.37. The van der Waals surface area contributed by atoms with Crippen LogP contribution in [-0.2, 0) is 6.54 Å². The summed E-state index contributed by atoms with van der Waals surface area (Å²) in [5.74, 6) is -0.330. The van der Waals surface area contributed by atoms with E-state index in [-0.39, 0.29) is 17.9 Å². The van der Waals surface area contributed by atoms with Crippen LogP contribution in [0.5, 0.6) is 0 Å². The summed E-state index contributed by atoms with van der Waals surface area (Å²) in [6, 6.07) is 13.2. The predicted octanol–water partition coefficient (Wildman–Crippen LogP) is 3.66. The maximum atomic E-state index is 13.1. The van der Waals surface area contributed by atoms with Gasteiger partial charge < -0.3 is 14.8 Å². The molecule has 0 fully saturated rings. The Balaban J connectivity index is 1.65. The Hall–Kier alpha value is -3.15. The van der Waals surface area contributed by atoms with Gasteiger partial charge in [0.15, 0.2) is 0 Å². The molecule has 2 aromatic heterocycles. The molecule has 1 aromatic carbocycles. The average Bonchev–Trinajstić information content (AvgIpc) is 3.12. The van der Waals surface area contributed by atoms with Gasteiger partial charge in [-0.1, -0.05) is 0 Å². The van der Waals surface area contributed by atoms with E-state index in [1.165, 1.54) is 12.1 Å². The van der Waals surface area contributed by atoms with Gasteiger partial charge in [0.1, 0.15) is 5.82 Å². The van der Waals surface area contributed by atoms with Crippen molar-refractivity contribution < 1.29 is 9.18 Å². The van der Waals surface area contributed by atoms with Crippen molar-refractivity contribution >= 4 is 11.7 Å². The molecule has 0 bridgehead atoms. The van der Waals surface area contributed by atoms with E-state index >= 15 is 0 Å². The summed E-state index contributed by atoms with van der Waals surface area (Å²) in [4.78, 5) is 18.7. The first-order valence-corrected chi connectivity index (χ1v) is 8.10. The van der Waals surface area contributed by atoms with Gasteiger partial charge in [0.05, 0.1) is 6.04 Å². The van der Waals surface area contributed by atoms with Crippen LogP contribution in [0, 0.1) is 5.82 Å². The number of fused-ring (bicyclic) bond motifs is 1. The molecule has 4 rings (SSSR count). The van der Waals surface area contributed by atoms with Crippen molar-refractivity contribution in [2.75, 3.05) is 11.9 Å². The van der Waals surface area contributed by atoms with Crippen molar-refractivity contribution in [2.45, 2.75) is 12.6 Å². The van der Waals surface area contributed by atoms with Crippen molar-refractivity contribution in [3.8, 4) is 0 Å². The molecule has 0 spiro atoms. The molecule has 5 nitrogen and oxygen atoms in total. The minimum Gasteiger partial charge on any atom is -0.348 e. The largest absolute Gasteiger partial charge is 0.348 e. The van der Waals surface area contributed by atoms with Gasteiger partial charge in [-0.3, -0.25) is 4.98 Å². The maximum Gasteiger partial charge on any atom is 0.322 e. The van der Waals surface area contributed by atoms with Gasteiger partial charge in [0.2, 0.25) is 0 Å². The van der Waals surface area contributed by atoms with Gasteiger partial charge in [-0.25, -0.2) is 9.18 Å². The molecule has 3 heterocycles. The Morgan fingerprint density at radius 3 is 2.60 bits per heavy atom. The maximum absolute atomic E-state index is 13.1. The number of aromatic nitrogens is 2. The molecular weight excluding hydrogens is 319 g/mol. The highest BCUT2D eigenvalue weighted by Gasteiger charge is 2.32. The number of anilines is 1. The predicted molar refractivity (Wildman–Crippen MR) is 92.6 cm³/mol. The van der Waals surface area contributed by atoms with Gasteiger partial charge in [-0.05, 0) is 54.1 Å². The molecule has 1 N–H and O–H groups in total. The normalized spacial score (nSPS) is 16.4. The zero-order chi connectivity index (χ0) is 17.2. The van der Waals surface area contributed by atoms with Crippen LogP contribution in [0.2, 0.25) is 0 Å². The molecule has 1 aliphatic heterocycles. The van der Waals surface area contributed by atoms with Crippen molar-refractivity contribution in [3.05, 3.63) is 84.2 Å². The molecule has 0 saturated heterocycles. The van der Waals surface area contributed by atoms with Gasteiger partial charge in [0, 0.05) is 43.1 Å². The van der Waals surface area contributed by atoms with Crippen molar-refractivity contribution in [1.82, 2.24) is 14.5 Å². The Kier molecular flexibility index (Phi) is 3.93. The van der Waals surface area contributed by atoms with Crippen LogP contribution >= 0.6 is 0 Å². The first-order valence-electron chi connectivity index (χ1n) is 8.10. The van der Waals surface area contributed by atoms with E-state index < -0.39 is 0 Å². The first-order chi connectivity index (χ1) is 12.2. The molecular formula is C19H17FN4O. The quantitative estimate of drug-likeness (QED) is 0.776. The van der Waals surface area contributed by atoms with Crippen LogP contribution < -0.4 is 5.32 Å². The number of urea groups is 1. The number of amides is 2. The van der Waals surface area contributed by atoms with Crippen LogP contribution in [0.4, 0.5) is 14.9 Å². The third-order valence-corrected chi connectivity index (χ3v) is 4.42. The monoisotopic (exact) mass is 336 g/mol. The number of pyridine rings is 1. The van der Waals surface area contributed by atoms with E-state index in [2.05, 4.69) is 14.9 Å². The fourth-order valence-electron chi connectivity index (χ4n) is 3.23. The van der Waals surface area contributed by atoms with Gasteiger partial charge in [0.25, 0.3) is 0 Å². The van der Waals surface area contributed by atoms with Crippen molar-refractivity contribution in [1.29, 1.82) is 0 Å². The number of carbonyl (C=O) groups is 1. The van der Waals surface area contributed by atoms with E-state index in [9.17, 15) is 9.18 Å². The van der Waals surface area contributed by atoms with Crippen molar-refractivity contribution in [2.24, 2.45) is 0 Å². The Morgan fingerprint density at radius 1 is 1.08 bits per heavy atom. The minimum absolute atomic E-state index is 0.188. The molecule has 2 amide bonds. The summed E-state index contributed by atoms with van der Waals surface area (Å²) in [6.45, 7) is 1.32. The van der Waals surface area contributed by atoms with E-state index in [1.807, 2.05) is 30.5 Å². The number of rotatable bonds is 2. The highest BCUT2D eigenvalue weighted by Crippen LogP contribution is 2.32. The highest BCUT2D eigenvalue weighted by atomic mass is 19.1. The van der Waals surface area contributed by atoms with E-state index in [0.29, 0.717) is 12.2 Å². The molecule has 25 heavy (non-hydrogen) atoms. The SMILES string of the molecule is O=C(Nc1ccc(F)cc1)N1CCn2cccc2C1c1ccncc1.